The van der Waals surface area contributed by atoms with E-state index >= 15 is 0 Å². The second-order valence-corrected chi connectivity index (χ2v) is 3.54. The number of fused-ring (bicyclic) bond motifs is 1. The molecule has 2 rings (SSSR count). The van der Waals surface area contributed by atoms with Crippen LogP contribution in [0.2, 0.25) is 0 Å². The molecule has 1 aliphatic rings. The average Bonchev–Trinajstić information content (AvgIpc) is 2.15. The maximum atomic E-state index is 13.2. The Morgan fingerprint density at radius 1 is 1.50 bits per heavy atom. The number of benzene rings is 1. The van der Waals surface area contributed by atoms with Gasteiger partial charge in [0.2, 0.25) is 0 Å². The first-order valence-electron chi connectivity index (χ1n) is 4.66. The smallest absolute Gasteiger partial charge is 0.405 e. The number of halogens is 2. The summed E-state index contributed by atoms with van der Waals surface area (Å²) in [5.74, 6) is -1.45. The van der Waals surface area contributed by atoms with Crippen LogP contribution in [0.5, 0.6) is 5.75 Å². The summed E-state index contributed by atoms with van der Waals surface area (Å²) in [6, 6.07) is 1.41. The number of nitrogens with one attached hydrogen (secondary N) is 1. The SMILES string of the molecule is O=C(O)NC1COc2c(F)cc(F)cc2C1. The molecule has 0 aliphatic carbocycles. The molecule has 0 spiro atoms. The molecule has 1 heterocycles. The van der Waals surface area contributed by atoms with E-state index in [-0.39, 0.29) is 18.8 Å². The van der Waals surface area contributed by atoms with E-state index in [4.69, 9.17) is 9.84 Å². The van der Waals surface area contributed by atoms with Crippen LogP contribution in [0.4, 0.5) is 13.6 Å². The maximum Gasteiger partial charge on any atom is 0.405 e. The van der Waals surface area contributed by atoms with E-state index in [1.165, 1.54) is 0 Å². The fourth-order valence-electron chi connectivity index (χ4n) is 1.70. The maximum absolute atomic E-state index is 13.2. The second-order valence-electron chi connectivity index (χ2n) is 3.54. The third kappa shape index (κ3) is 2.05. The standard InChI is InChI=1S/C10H9F2NO3/c11-6-1-5-2-7(13-10(14)15)4-16-9(5)8(12)3-6/h1,3,7,13H,2,4H2,(H,14,15). The van der Waals surface area contributed by atoms with Gasteiger partial charge in [-0.25, -0.2) is 13.6 Å². The van der Waals surface area contributed by atoms with Gasteiger partial charge < -0.3 is 15.2 Å². The zero-order valence-corrected chi connectivity index (χ0v) is 8.17. The van der Waals surface area contributed by atoms with Crippen molar-refractivity contribution in [3.8, 4) is 5.75 Å². The van der Waals surface area contributed by atoms with Crippen molar-refractivity contribution in [3.63, 3.8) is 0 Å². The molecule has 1 aromatic rings. The molecule has 0 fully saturated rings. The lowest BCUT2D eigenvalue weighted by molar-refractivity contribution is 0.174. The van der Waals surface area contributed by atoms with Crippen LogP contribution in [0.3, 0.4) is 0 Å². The predicted octanol–water partition coefficient (Wildman–Crippen LogP) is 1.54. The fraction of sp³-hybridized carbons (Fsp3) is 0.300. The van der Waals surface area contributed by atoms with Gasteiger partial charge >= 0.3 is 6.09 Å². The van der Waals surface area contributed by atoms with E-state index in [1.807, 2.05) is 0 Å². The topological polar surface area (TPSA) is 58.6 Å². The minimum absolute atomic E-state index is 0.00448. The van der Waals surface area contributed by atoms with E-state index in [0.717, 1.165) is 12.1 Å². The fourth-order valence-corrected chi connectivity index (χ4v) is 1.70. The van der Waals surface area contributed by atoms with E-state index in [1.54, 1.807) is 0 Å². The molecule has 16 heavy (non-hydrogen) atoms. The monoisotopic (exact) mass is 229 g/mol. The summed E-state index contributed by atoms with van der Waals surface area (Å²) in [7, 11) is 0. The van der Waals surface area contributed by atoms with Gasteiger partial charge in [-0.2, -0.15) is 0 Å². The molecule has 1 amide bonds. The van der Waals surface area contributed by atoms with Crippen LogP contribution in [-0.2, 0) is 6.42 Å². The van der Waals surface area contributed by atoms with Gasteiger partial charge in [-0.1, -0.05) is 0 Å². The lowest BCUT2D eigenvalue weighted by Gasteiger charge is -2.25. The minimum atomic E-state index is -1.19. The van der Waals surface area contributed by atoms with Crippen LogP contribution in [0.25, 0.3) is 0 Å². The van der Waals surface area contributed by atoms with Gasteiger partial charge in [0.05, 0.1) is 6.04 Å². The molecule has 2 N–H and O–H groups in total. The zero-order valence-electron chi connectivity index (χ0n) is 8.17. The van der Waals surface area contributed by atoms with Crippen molar-refractivity contribution >= 4 is 6.09 Å². The number of amides is 1. The molecule has 0 saturated carbocycles. The van der Waals surface area contributed by atoms with E-state index < -0.39 is 23.8 Å². The third-order valence-corrected chi connectivity index (χ3v) is 2.31. The predicted molar refractivity (Wildman–Crippen MR) is 50.5 cm³/mol. The molecule has 86 valence electrons. The van der Waals surface area contributed by atoms with Crippen molar-refractivity contribution < 1.29 is 23.4 Å². The first-order valence-corrected chi connectivity index (χ1v) is 4.66. The van der Waals surface area contributed by atoms with Crippen molar-refractivity contribution in [2.75, 3.05) is 6.61 Å². The van der Waals surface area contributed by atoms with E-state index in [0.29, 0.717) is 5.56 Å². The van der Waals surface area contributed by atoms with Gasteiger partial charge in [0.25, 0.3) is 0 Å². The summed E-state index contributed by atoms with van der Waals surface area (Å²) in [5, 5.41) is 10.7. The second kappa shape index (κ2) is 3.96. The quantitative estimate of drug-likeness (QED) is 0.767. The molecular formula is C10H9F2NO3. The van der Waals surface area contributed by atoms with Crippen LogP contribution in [0, 0.1) is 11.6 Å². The molecule has 1 atom stereocenters. The van der Waals surface area contributed by atoms with E-state index in [2.05, 4.69) is 5.32 Å². The molecule has 0 saturated heterocycles. The summed E-state index contributed by atoms with van der Waals surface area (Å²) >= 11 is 0. The highest BCUT2D eigenvalue weighted by Crippen LogP contribution is 2.28. The number of hydrogen-bond donors (Lipinski definition) is 2. The normalized spacial score (nSPS) is 18.5. The van der Waals surface area contributed by atoms with Crippen LogP contribution in [0.1, 0.15) is 5.56 Å². The highest BCUT2D eigenvalue weighted by atomic mass is 19.1. The Hall–Kier alpha value is -1.85. The van der Waals surface area contributed by atoms with Crippen LogP contribution in [-0.4, -0.2) is 23.8 Å². The summed E-state index contributed by atoms with van der Waals surface area (Å²) < 4.78 is 31.2. The number of hydrogen-bond acceptors (Lipinski definition) is 2. The number of ether oxygens (including phenoxy) is 1. The highest BCUT2D eigenvalue weighted by Gasteiger charge is 2.24. The van der Waals surface area contributed by atoms with Gasteiger partial charge in [-0.15, -0.1) is 0 Å². The molecule has 1 aliphatic heterocycles. The van der Waals surface area contributed by atoms with Gasteiger partial charge in [0.15, 0.2) is 11.6 Å². The molecule has 6 heteroatoms. The Kier molecular flexibility index (Phi) is 2.64. The van der Waals surface area contributed by atoms with Gasteiger partial charge in [0, 0.05) is 11.6 Å². The third-order valence-electron chi connectivity index (χ3n) is 2.31. The summed E-state index contributed by atoms with van der Waals surface area (Å²) in [6.07, 6.45) is -0.968. The van der Waals surface area contributed by atoms with Crippen molar-refractivity contribution in [3.05, 3.63) is 29.3 Å². The Labute approximate surface area is 89.8 Å². The molecule has 0 radical (unpaired) electrons. The van der Waals surface area contributed by atoms with Crippen molar-refractivity contribution in [1.29, 1.82) is 0 Å². The van der Waals surface area contributed by atoms with Gasteiger partial charge in [-0.05, 0) is 12.5 Å². The first-order chi connectivity index (χ1) is 7.56. The summed E-state index contributed by atoms with van der Waals surface area (Å²) in [4.78, 5) is 10.4. The van der Waals surface area contributed by atoms with E-state index in [9.17, 15) is 13.6 Å². The van der Waals surface area contributed by atoms with Crippen molar-refractivity contribution in [2.24, 2.45) is 0 Å². The summed E-state index contributed by atoms with van der Waals surface area (Å²) in [5.41, 5.74) is 0.336. The average molecular weight is 229 g/mol. The van der Waals surface area contributed by atoms with Gasteiger partial charge in [0.1, 0.15) is 12.4 Å². The van der Waals surface area contributed by atoms with Crippen LogP contribution < -0.4 is 10.1 Å². The molecular weight excluding hydrogens is 220 g/mol. The van der Waals surface area contributed by atoms with Crippen molar-refractivity contribution in [2.45, 2.75) is 12.5 Å². The Bertz CT molecular complexity index is 436. The summed E-state index contributed by atoms with van der Waals surface area (Å²) in [6.45, 7) is 0.0435. The number of rotatable bonds is 1. The van der Waals surface area contributed by atoms with Gasteiger partial charge in [-0.3, -0.25) is 0 Å². The Morgan fingerprint density at radius 3 is 2.94 bits per heavy atom. The number of carbonyl (C=O) groups is 1. The first kappa shape index (κ1) is 10.7. The lowest BCUT2D eigenvalue weighted by Crippen LogP contribution is -2.42. The Morgan fingerprint density at radius 2 is 2.25 bits per heavy atom. The zero-order chi connectivity index (χ0) is 11.7. The Balaban J connectivity index is 2.23. The van der Waals surface area contributed by atoms with Crippen LogP contribution >= 0.6 is 0 Å². The molecule has 4 nitrogen and oxygen atoms in total. The van der Waals surface area contributed by atoms with Crippen molar-refractivity contribution in [1.82, 2.24) is 5.32 Å². The number of carboxylic acid groups (broad SMARTS) is 1. The lowest BCUT2D eigenvalue weighted by atomic mass is 10.0. The minimum Gasteiger partial charge on any atom is -0.488 e. The van der Waals surface area contributed by atoms with Crippen LogP contribution in [0.15, 0.2) is 12.1 Å². The highest BCUT2D eigenvalue weighted by molar-refractivity contribution is 5.65. The molecule has 0 aromatic heterocycles. The molecule has 0 bridgehead atoms. The molecule has 1 aromatic carbocycles. The molecule has 1 unspecified atom stereocenters. The largest absolute Gasteiger partial charge is 0.488 e.